The van der Waals surface area contributed by atoms with Crippen molar-refractivity contribution in [3.8, 4) is 0 Å². The number of rotatable bonds is 3. The van der Waals surface area contributed by atoms with Crippen LogP contribution in [0, 0.1) is 0 Å². The number of anilines is 1. The van der Waals surface area contributed by atoms with E-state index in [-0.39, 0.29) is 0 Å². The summed E-state index contributed by atoms with van der Waals surface area (Å²) in [6.45, 7) is 4.45. The van der Waals surface area contributed by atoms with Gasteiger partial charge in [-0.3, -0.25) is 0 Å². The molecule has 0 spiro atoms. The zero-order valence-corrected chi connectivity index (χ0v) is 8.91. The van der Waals surface area contributed by atoms with Gasteiger partial charge in [-0.1, -0.05) is 13.8 Å². The molecule has 0 aromatic carbocycles. The smallest absolute Gasteiger partial charge is 0.128 e. The molecule has 0 fully saturated rings. The maximum absolute atomic E-state index is 4.28. The highest BCUT2D eigenvalue weighted by Crippen LogP contribution is 2.20. The highest BCUT2D eigenvalue weighted by molar-refractivity contribution is 5.40. The number of nitrogens with zero attached hydrogens (tertiary/aromatic N) is 2. The zero-order valence-electron chi connectivity index (χ0n) is 8.91. The lowest BCUT2D eigenvalue weighted by molar-refractivity contribution is 0.731. The lowest BCUT2D eigenvalue weighted by Crippen LogP contribution is -2.10. The molecule has 0 saturated heterocycles. The lowest BCUT2D eigenvalue weighted by atomic mass is 10.00. The van der Waals surface area contributed by atoms with Crippen LogP contribution in [0.1, 0.15) is 31.7 Å². The first-order chi connectivity index (χ1) is 6.15. The molecule has 0 radical (unpaired) electrons. The molecule has 1 aromatic heterocycles. The van der Waals surface area contributed by atoms with Gasteiger partial charge in [0.15, 0.2) is 0 Å². The van der Waals surface area contributed by atoms with Gasteiger partial charge < -0.3 is 4.90 Å². The van der Waals surface area contributed by atoms with Crippen LogP contribution in [0.3, 0.4) is 0 Å². The Morgan fingerprint density at radius 2 is 2.15 bits per heavy atom. The molecule has 2 nitrogen and oxygen atoms in total. The second-order valence-electron chi connectivity index (χ2n) is 3.65. The fourth-order valence-corrected chi connectivity index (χ4v) is 1.22. The highest BCUT2D eigenvalue weighted by atomic mass is 15.1. The third-order valence-corrected chi connectivity index (χ3v) is 2.41. The monoisotopic (exact) mass is 178 g/mol. The Bertz CT molecular complexity index is 269. The van der Waals surface area contributed by atoms with Crippen LogP contribution in [-0.4, -0.2) is 19.1 Å². The highest BCUT2D eigenvalue weighted by Gasteiger charge is 2.04. The third-order valence-electron chi connectivity index (χ3n) is 2.41. The zero-order chi connectivity index (χ0) is 9.84. The summed E-state index contributed by atoms with van der Waals surface area (Å²) < 4.78 is 0. The maximum Gasteiger partial charge on any atom is 0.128 e. The molecule has 0 aliphatic rings. The molecule has 1 atom stereocenters. The van der Waals surface area contributed by atoms with Crippen LogP contribution in [0.5, 0.6) is 0 Å². The Kier molecular flexibility index (Phi) is 3.29. The Balaban J connectivity index is 2.91. The summed E-state index contributed by atoms with van der Waals surface area (Å²) in [5.74, 6) is 1.67. The number of hydrogen-bond donors (Lipinski definition) is 0. The molecular formula is C11H18N2. The molecule has 0 N–H and O–H groups in total. The topological polar surface area (TPSA) is 16.1 Å². The minimum atomic E-state index is 0.627. The first-order valence-electron chi connectivity index (χ1n) is 4.78. The van der Waals surface area contributed by atoms with Crippen molar-refractivity contribution >= 4 is 5.82 Å². The first-order valence-corrected chi connectivity index (χ1v) is 4.78. The largest absolute Gasteiger partial charge is 0.363 e. The standard InChI is InChI=1S/C11H18N2/c1-5-9(2)10-6-7-12-11(8-10)13(3)4/h6-9H,5H2,1-4H3. The minimum absolute atomic E-state index is 0.627. The molecule has 1 unspecified atom stereocenters. The molecule has 1 heterocycles. The predicted octanol–water partition coefficient (Wildman–Crippen LogP) is 2.66. The van der Waals surface area contributed by atoms with Crippen molar-refractivity contribution in [1.82, 2.24) is 4.98 Å². The van der Waals surface area contributed by atoms with Crippen LogP contribution in [-0.2, 0) is 0 Å². The van der Waals surface area contributed by atoms with Crippen molar-refractivity contribution in [3.05, 3.63) is 23.9 Å². The average Bonchev–Trinajstić information content (AvgIpc) is 2.17. The van der Waals surface area contributed by atoms with E-state index in [1.165, 1.54) is 12.0 Å². The van der Waals surface area contributed by atoms with Crippen LogP contribution in [0.25, 0.3) is 0 Å². The van der Waals surface area contributed by atoms with Crippen molar-refractivity contribution in [1.29, 1.82) is 0 Å². The van der Waals surface area contributed by atoms with Crippen LogP contribution in [0.4, 0.5) is 5.82 Å². The molecule has 1 rings (SSSR count). The quantitative estimate of drug-likeness (QED) is 0.707. The SMILES string of the molecule is CCC(C)c1ccnc(N(C)C)c1. The summed E-state index contributed by atoms with van der Waals surface area (Å²) in [7, 11) is 4.03. The Morgan fingerprint density at radius 3 is 2.69 bits per heavy atom. The summed E-state index contributed by atoms with van der Waals surface area (Å²) in [5, 5.41) is 0. The van der Waals surface area contributed by atoms with E-state index >= 15 is 0 Å². The van der Waals surface area contributed by atoms with Gasteiger partial charge in [-0.15, -0.1) is 0 Å². The van der Waals surface area contributed by atoms with Gasteiger partial charge in [0.25, 0.3) is 0 Å². The molecule has 1 aromatic rings. The van der Waals surface area contributed by atoms with Crippen LogP contribution >= 0.6 is 0 Å². The Hall–Kier alpha value is -1.05. The van der Waals surface area contributed by atoms with E-state index in [1.807, 2.05) is 25.2 Å². The molecular weight excluding hydrogens is 160 g/mol. The third kappa shape index (κ3) is 2.44. The Morgan fingerprint density at radius 1 is 1.46 bits per heavy atom. The van der Waals surface area contributed by atoms with Crippen molar-refractivity contribution in [2.45, 2.75) is 26.2 Å². The van der Waals surface area contributed by atoms with E-state index in [1.54, 1.807) is 0 Å². The van der Waals surface area contributed by atoms with E-state index in [9.17, 15) is 0 Å². The van der Waals surface area contributed by atoms with Crippen molar-refractivity contribution in [2.24, 2.45) is 0 Å². The summed E-state index contributed by atoms with van der Waals surface area (Å²) in [4.78, 5) is 6.32. The van der Waals surface area contributed by atoms with Gasteiger partial charge in [-0.05, 0) is 30.0 Å². The minimum Gasteiger partial charge on any atom is -0.363 e. The first kappa shape index (κ1) is 10.0. The molecule has 13 heavy (non-hydrogen) atoms. The van der Waals surface area contributed by atoms with E-state index in [0.29, 0.717) is 5.92 Å². The molecule has 0 bridgehead atoms. The van der Waals surface area contributed by atoms with Gasteiger partial charge in [0, 0.05) is 20.3 Å². The van der Waals surface area contributed by atoms with Crippen LogP contribution in [0.15, 0.2) is 18.3 Å². The van der Waals surface area contributed by atoms with Crippen LogP contribution in [0.2, 0.25) is 0 Å². The van der Waals surface area contributed by atoms with E-state index in [2.05, 4.69) is 31.0 Å². The number of hydrogen-bond acceptors (Lipinski definition) is 2. The van der Waals surface area contributed by atoms with Gasteiger partial charge in [0.2, 0.25) is 0 Å². The molecule has 0 saturated carbocycles. The van der Waals surface area contributed by atoms with Crippen molar-refractivity contribution in [3.63, 3.8) is 0 Å². The fraction of sp³-hybridized carbons (Fsp3) is 0.545. The van der Waals surface area contributed by atoms with Gasteiger partial charge in [0.05, 0.1) is 0 Å². The van der Waals surface area contributed by atoms with Gasteiger partial charge in [0.1, 0.15) is 5.82 Å². The van der Waals surface area contributed by atoms with E-state index in [4.69, 9.17) is 0 Å². The summed E-state index contributed by atoms with van der Waals surface area (Å²) in [5.41, 5.74) is 1.38. The van der Waals surface area contributed by atoms with Gasteiger partial charge >= 0.3 is 0 Å². The average molecular weight is 178 g/mol. The Labute approximate surface area is 80.6 Å². The fourth-order valence-electron chi connectivity index (χ4n) is 1.22. The molecule has 72 valence electrons. The van der Waals surface area contributed by atoms with Crippen LogP contribution < -0.4 is 4.90 Å². The second kappa shape index (κ2) is 4.26. The number of pyridine rings is 1. The number of aromatic nitrogens is 1. The maximum atomic E-state index is 4.28. The van der Waals surface area contributed by atoms with Gasteiger partial charge in [-0.2, -0.15) is 0 Å². The lowest BCUT2D eigenvalue weighted by Gasteiger charge is -2.14. The molecule has 2 heteroatoms. The summed E-state index contributed by atoms with van der Waals surface area (Å²) >= 11 is 0. The summed E-state index contributed by atoms with van der Waals surface area (Å²) in [6.07, 6.45) is 3.06. The normalized spacial score (nSPS) is 12.6. The predicted molar refractivity (Wildman–Crippen MR) is 57.3 cm³/mol. The molecule has 0 aliphatic carbocycles. The van der Waals surface area contributed by atoms with E-state index < -0.39 is 0 Å². The molecule has 0 amide bonds. The van der Waals surface area contributed by atoms with Crippen molar-refractivity contribution < 1.29 is 0 Å². The second-order valence-corrected chi connectivity index (χ2v) is 3.65. The van der Waals surface area contributed by atoms with Gasteiger partial charge in [-0.25, -0.2) is 4.98 Å². The molecule has 0 aliphatic heterocycles. The summed E-state index contributed by atoms with van der Waals surface area (Å²) in [6, 6.07) is 4.26. The van der Waals surface area contributed by atoms with Crippen molar-refractivity contribution in [2.75, 3.05) is 19.0 Å². The van der Waals surface area contributed by atoms with E-state index in [0.717, 1.165) is 5.82 Å².